The van der Waals surface area contributed by atoms with Crippen LogP contribution in [0.25, 0.3) is 0 Å². The number of carbonyl (C=O) groups excluding carboxylic acids is 2. The molecule has 5 N–H and O–H groups in total. The van der Waals surface area contributed by atoms with E-state index in [0.29, 0.717) is 5.71 Å². The molecule has 7 nitrogen and oxygen atoms in total. The minimum atomic E-state index is -1.05. The molecule has 1 aliphatic rings. The topological polar surface area (TPSA) is 120 Å². The fourth-order valence-corrected chi connectivity index (χ4v) is 1.73. The molecule has 18 heavy (non-hydrogen) atoms. The fraction of sp³-hybridized carbons (Fsp3) is 0.182. The van der Waals surface area contributed by atoms with Crippen LogP contribution in [0.15, 0.2) is 35.5 Å². The molecule has 0 radical (unpaired) electrons. The second-order valence-corrected chi connectivity index (χ2v) is 3.76. The lowest BCUT2D eigenvalue weighted by Gasteiger charge is -2.16. The van der Waals surface area contributed by atoms with E-state index in [1.807, 2.05) is 6.07 Å². The van der Waals surface area contributed by atoms with Crippen molar-refractivity contribution >= 4 is 17.6 Å². The monoisotopic (exact) mass is 248 g/mol. The standard InChI is InChI=1S/C11H12N4O3/c12-10(16)9-8(14-11(13)17)7(15-18-9)6-4-2-1-3-5-6/h1-5,8-9H,(H2,12,16)(H3,13,14,17). The van der Waals surface area contributed by atoms with Crippen LogP contribution in [0.4, 0.5) is 4.79 Å². The van der Waals surface area contributed by atoms with E-state index >= 15 is 0 Å². The molecule has 3 amide bonds. The zero-order chi connectivity index (χ0) is 13.1. The van der Waals surface area contributed by atoms with Crippen LogP contribution in [0.1, 0.15) is 5.56 Å². The van der Waals surface area contributed by atoms with Crippen LogP contribution in [-0.2, 0) is 9.63 Å². The molecule has 94 valence electrons. The third-order valence-corrected chi connectivity index (χ3v) is 2.51. The average molecular weight is 248 g/mol. The van der Waals surface area contributed by atoms with Crippen molar-refractivity contribution in [1.29, 1.82) is 0 Å². The first kappa shape index (κ1) is 11.9. The summed E-state index contributed by atoms with van der Waals surface area (Å²) in [6.07, 6.45) is -1.05. The summed E-state index contributed by atoms with van der Waals surface area (Å²) in [6.45, 7) is 0. The molecule has 2 unspecified atom stereocenters. The number of benzene rings is 1. The predicted octanol–water partition coefficient (Wildman–Crippen LogP) is -0.688. The first-order valence-electron chi connectivity index (χ1n) is 5.24. The maximum atomic E-state index is 11.2. The van der Waals surface area contributed by atoms with E-state index in [-0.39, 0.29) is 0 Å². The third kappa shape index (κ3) is 2.24. The van der Waals surface area contributed by atoms with Crippen LogP contribution in [-0.4, -0.2) is 29.8 Å². The Balaban J connectivity index is 2.29. The van der Waals surface area contributed by atoms with Crippen molar-refractivity contribution in [3.8, 4) is 0 Å². The molecule has 1 heterocycles. The van der Waals surface area contributed by atoms with Gasteiger partial charge in [0, 0.05) is 5.56 Å². The van der Waals surface area contributed by atoms with Crippen LogP contribution < -0.4 is 16.8 Å². The van der Waals surface area contributed by atoms with E-state index in [4.69, 9.17) is 16.3 Å². The van der Waals surface area contributed by atoms with Gasteiger partial charge >= 0.3 is 6.03 Å². The van der Waals surface area contributed by atoms with Gasteiger partial charge in [0.05, 0.1) is 0 Å². The second-order valence-electron chi connectivity index (χ2n) is 3.76. The highest BCUT2D eigenvalue weighted by Crippen LogP contribution is 2.17. The Morgan fingerprint density at radius 3 is 2.44 bits per heavy atom. The van der Waals surface area contributed by atoms with Gasteiger partial charge in [0.1, 0.15) is 11.8 Å². The summed E-state index contributed by atoms with van der Waals surface area (Å²) in [5.41, 5.74) is 11.4. The van der Waals surface area contributed by atoms with E-state index in [0.717, 1.165) is 5.56 Å². The largest absolute Gasteiger partial charge is 0.379 e. The number of nitrogens with two attached hydrogens (primary N) is 2. The fourth-order valence-electron chi connectivity index (χ4n) is 1.73. The summed E-state index contributed by atoms with van der Waals surface area (Å²) in [6, 6.07) is 7.45. The van der Waals surface area contributed by atoms with Gasteiger partial charge in [-0.15, -0.1) is 0 Å². The number of oxime groups is 1. The number of urea groups is 1. The Labute approximate surface area is 103 Å². The van der Waals surface area contributed by atoms with Gasteiger partial charge in [-0.2, -0.15) is 0 Å². The number of nitrogens with one attached hydrogen (secondary N) is 1. The van der Waals surface area contributed by atoms with Gasteiger partial charge in [0.25, 0.3) is 5.91 Å². The maximum Gasteiger partial charge on any atom is 0.312 e. The second kappa shape index (κ2) is 4.74. The normalized spacial score (nSPS) is 21.9. The third-order valence-electron chi connectivity index (χ3n) is 2.51. The molecule has 2 rings (SSSR count). The number of hydrogen-bond acceptors (Lipinski definition) is 4. The number of rotatable bonds is 3. The van der Waals surface area contributed by atoms with Gasteiger partial charge in [-0.25, -0.2) is 4.79 Å². The highest BCUT2D eigenvalue weighted by molar-refractivity contribution is 6.09. The van der Waals surface area contributed by atoms with Crippen LogP contribution in [0.5, 0.6) is 0 Å². The van der Waals surface area contributed by atoms with Gasteiger partial charge < -0.3 is 21.6 Å². The van der Waals surface area contributed by atoms with Crippen molar-refractivity contribution in [3.63, 3.8) is 0 Å². The minimum Gasteiger partial charge on any atom is -0.379 e. The van der Waals surface area contributed by atoms with Crippen molar-refractivity contribution in [3.05, 3.63) is 35.9 Å². The van der Waals surface area contributed by atoms with Crippen LogP contribution in [0, 0.1) is 0 Å². The van der Waals surface area contributed by atoms with Crippen LogP contribution >= 0.6 is 0 Å². The van der Waals surface area contributed by atoms with E-state index < -0.39 is 24.1 Å². The van der Waals surface area contributed by atoms with Crippen molar-refractivity contribution in [2.75, 3.05) is 0 Å². The van der Waals surface area contributed by atoms with Gasteiger partial charge in [0.2, 0.25) is 6.10 Å². The molecule has 0 spiro atoms. The molecule has 1 aromatic rings. The molecule has 0 aromatic heterocycles. The Kier molecular flexibility index (Phi) is 3.13. The van der Waals surface area contributed by atoms with E-state index in [1.165, 1.54) is 0 Å². The van der Waals surface area contributed by atoms with Crippen molar-refractivity contribution in [2.24, 2.45) is 16.6 Å². The smallest absolute Gasteiger partial charge is 0.312 e. The number of nitrogens with zero attached hydrogens (tertiary/aromatic N) is 1. The number of carbonyl (C=O) groups is 2. The Morgan fingerprint density at radius 2 is 1.89 bits per heavy atom. The molecule has 0 saturated heterocycles. The molecule has 0 fully saturated rings. The zero-order valence-corrected chi connectivity index (χ0v) is 9.37. The van der Waals surface area contributed by atoms with Crippen molar-refractivity contribution in [2.45, 2.75) is 12.1 Å². The van der Waals surface area contributed by atoms with Crippen molar-refractivity contribution < 1.29 is 14.4 Å². The summed E-state index contributed by atoms with van der Waals surface area (Å²) in [7, 11) is 0. The molecule has 0 aliphatic carbocycles. The first-order valence-corrected chi connectivity index (χ1v) is 5.24. The lowest BCUT2D eigenvalue weighted by Crippen LogP contribution is -2.52. The SMILES string of the molecule is NC(=O)NC1C(c2ccccc2)=NOC1C(N)=O. The summed E-state index contributed by atoms with van der Waals surface area (Å²) in [4.78, 5) is 27.1. The summed E-state index contributed by atoms with van der Waals surface area (Å²) >= 11 is 0. The Hall–Kier alpha value is -2.57. The molecular formula is C11H12N4O3. The number of hydrogen-bond donors (Lipinski definition) is 3. The van der Waals surface area contributed by atoms with Gasteiger partial charge in [0.15, 0.2) is 0 Å². The Bertz CT molecular complexity index is 500. The molecule has 2 atom stereocenters. The summed E-state index contributed by atoms with van der Waals surface area (Å²) < 4.78 is 0. The molecule has 7 heteroatoms. The molecule has 1 aliphatic heterocycles. The van der Waals surface area contributed by atoms with Crippen molar-refractivity contribution in [1.82, 2.24) is 5.32 Å². The summed E-state index contributed by atoms with van der Waals surface area (Å²) in [5, 5.41) is 6.19. The first-order chi connectivity index (χ1) is 8.59. The average Bonchev–Trinajstić information content (AvgIpc) is 2.73. The van der Waals surface area contributed by atoms with Gasteiger partial charge in [-0.05, 0) is 0 Å². The maximum absolute atomic E-state index is 11.2. The number of amides is 3. The molecule has 0 saturated carbocycles. The summed E-state index contributed by atoms with van der Waals surface area (Å²) in [5.74, 6) is -0.719. The van der Waals surface area contributed by atoms with Gasteiger partial charge in [-0.1, -0.05) is 35.5 Å². The molecule has 1 aromatic carbocycles. The van der Waals surface area contributed by atoms with Crippen LogP contribution in [0.2, 0.25) is 0 Å². The highest BCUT2D eigenvalue weighted by Gasteiger charge is 2.39. The van der Waals surface area contributed by atoms with Gasteiger partial charge in [-0.3, -0.25) is 4.79 Å². The van der Waals surface area contributed by atoms with E-state index in [9.17, 15) is 9.59 Å². The lowest BCUT2D eigenvalue weighted by atomic mass is 9.99. The van der Waals surface area contributed by atoms with E-state index in [2.05, 4.69) is 10.5 Å². The molecular weight excluding hydrogens is 236 g/mol. The number of primary amides is 2. The minimum absolute atomic E-state index is 0.415. The lowest BCUT2D eigenvalue weighted by molar-refractivity contribution is -0.128. The quantitative estimate of drug-likeness (QED) is 0.656. The zero-order valence-electron chi connectivity index (χ0n) is 9.37. The van der Waals surface area contributed by atoms with Crippen LogP contribution in [0.3, 0.4) is 0 Å². The Morgan fingerprint density at radius 1 is 1.22 bits per heavy atom. The predicted molar refractivity (Wildman–Crippen MR) is 63.6 cm³/mol. The van der Waals surface area contributed by atoms with E-state index in [1.54, 1.807) is 24.3 Å². The molecule has 0 bridgehead atoms. The highest BCUT2D eigenvalue weighted by atomic mass is 16.6.